The van der Waals surface area contributed by atoms with Crippen molar-refractivity contribution in [2.24, 2.45) is 0 Å². The number of carbonyl (C=O) groups excluding carboxylic acids is 3. The molecule has 3 aromatic rings. The van der Waals surface area contributed by atoms with E-state index < -0.39 is 11.8 Å². The molecule has 0 saturated carbocycles. The van der Waals surface area contributed by atoms with Gasteiger partial charge in [-0.3, -0.25) is 14.4 Å². The smallest absolute Gasteiger partial charge is 0.287 e. The summed E-state index contributed by atoms with van der Waals surface area (Å²) in [6.07, 6.45) is 1.37. The van der Waals surface area contributed by atoms with Gasteiger partial charge in [-0.15, -0.1) is 22.7 Å². The van der Waals surface area contributed by atoms with E-state index in [1.54, 1.807) is 28.7 Å². The topological polar surface area (TPSA) is 113 Å². The van der Waals surface area contributed by atoms with Gasteiger partial charge in [0.25, 0.3) is 5.91 Å². The van der Waals surface area contributed by atoms with Gasteiger partial charge in [0, 0.05) is 10.3 Å². The van der Waals surface area contributed by atoms with Crippen molar-refractivity contribution in [1.29, 1.82) is 0 Å². The highest BCUT2D eigenvalue weighted by Crippen LogP contribution is 2.28. The standard InChI is InChI=1S/C18H18N4O4S2/c1-11-22-13(10-27-11)15-5-4-12(28-15)7-19-16(23)8-20-17(24)9-21-18(25)14-3-2-6-26-14/h2-6,10H,7-9H2,1H3,(H,19,23)(H,20,24)(H,21,25). The zero-order valence-electron chi connectivity index (χ0n) is 15.0. The Morgan fingerprint density at radius 1 is 1.07 bits per heavy atom. The third-order valence-corrected chi connectivity index (χ3v) is 5.47. The fraction of sp³-hybridized carbons (Fsp3) is 0.222. The summed E-state index contributed by atoms with van der Waals surface area (Å²) in [6.45, 7) is 1.92. The molecule has 8 nitrogen and oxygen atoms in total. The minimum atomic E-state index is -0.492. The summed E-state index contributed by atoms with van der Waals surface area (Å²) < 4.78 is 4.92. The summed E-state index contributed by atoms with van der Waals surface area (Å²) in [6, 6.07) is 6.99. The quantitative estimate of drug-likeness (QED) is 0.517. The molecule has 3 aromatic heterocycles. The fourth-order valence-corrected chi connectivity index (χ4v) is 3.83. The van der Waals surface area contributed by atoms with Gasteiger partial charge in [-0.1, -0.05) is 0 Å². The van der Waals surface area contributed by atoms with E-state index in [4.69, 9.17) is 4.42 Å². The second-order valence-corrected chi connectivity index (χ2v) is 7.96. The van der Waals surface area contributed by atoms with Crippen molar-refractivity contribution in [2.45, 2.75) is 13.5 Å². The van der Waals surface area contributed by atoms with Gasteiger partial charge < -0.3 is 20.4 Å². The van der Waals surface area contributed by atoms with Crippen molar-refractivity contribution in [3.05, 3.63) is 51.6 Å². The van der Waals surface area contributed by atoms with Crippen LogP contribution in [-0.2, 0) is 16.1 Å². The molecule has 3 rings (SSSR count). The van der Waals surface area contributed by atoms with Gasteiger partial charge in [-0.2, -0.15) is 0 Å². The molecule has 10 heteroatoms. The molecule has 28 heavy (non-hydrogen) atoms. The van der Waals surface area contributed by atoms with Gasteiger partial charge in [0.15, 0.2) is 5.76 Å². The van der Waals surface area contributed by atoms with Crippen LogP contribution in [0.25, 0.3) is 10.6 Å². The van der Waals surface area contributed by atoms with Crippen LogP contribution in [0, 0.1) is 6.92 Å². The summed E-state index contributed by atoms with van der Waals surface area (Å²) in [5, 5.41) is 10.6. The van der Waals surface area contributed by atoms with Crippen LogP contribution in [0.15, 0.2) is 40.3 Å². The Kier molecular flexibility index (Phi) is 6.56. The predicted octanol–water partition coefficient (Wildman–Crippen LogP) is 1.94. The number of aryl methyl sites for hydroxylation is 1. The monoisotopic (exact) mass is 418 g/mol. The number of carbonyl (C=O) groups is 3. The lowest BCUT2D eigenvalue weighted by Crippen LogP contribution is -2.41. The van der Waals surface area contributed by atoms with E-state index >= 15 is 0 Å². The van der Waals surface area contributed by atoms with Crippen molar-refractivity contribution in [1.82, 2.24) is 20.9 Å². The van der Waals surface area contributed by atoms with Crippen molar-refractivity contribution in [2.75, 3.05) is 13.1 Å². The molecule has 0 fully saturated rings. The highest BCUT2D eigenvalue weighted by atomic mass is 32.1. The second kappa shape index (κ2) is 9.29. The lowest BCUT2D eigenvalue weighted by atomic mass is 10.3. The van der Waals surface area contributed by atoms with E-state index in [1.807, 2.05) is 24.4 Å². The van der Waals surface area contributed by atoms with Crippen molar-refractivity contribution < 1.29 is 18.8 Å². The second-order valence-electron chi connectivity index (χ2n) is 5.73. The van der Waals surface area contributed by atoms with Gasteiger partial charge >= 0.3 is 0 Å². The summed E-state index contributed by atoms with van der Waals surface area (Å²) in [7, 11) is 0. The number of hydrogen-bond acceptors (Lipinski definition) is 7. The molecule has 0 aliphatic heterocycles. The molecule has 0 bridgehead atoms. The first kappa shape index (κ1) is 19.8. The average molecular weight is 419 g/mol. The lowest BCUT2D eigenvalue weighted by molar-refractivity contribution is -0.125. The Bertz CT molecular complexity index is 962. The molecule has 0 radical (unpaired) electrons. The van der Waals surface area contributed by atoms with Crippen LogP contribution in [0.4, 0.5) is 0 Å². The summed E-state index contributed by atoms with van der Waals surface area (Å²) in [5.41, 5.74) is 0.939. The van der Waals surface area contributed by atoms with E-state index in [0.717, 1.165) is 20.5 Å². The largest absolute Gasteiger partial charge is 0.459 e. The Hall–Kier alpha value is -2.98. The Balaban J connectivity index is 1.36. The number of nitrogens with one attached hydrogen (secondary N) is 3. The number of nitrogens with zero attached hydrogens (tertiary/aromatic N) is 1. The van der Waals surface area contributed by atoms with Crippen LogP contribution in [0.3, 0.4) is 0 Å². The molecule has 0 atom stereocenters. The van der Waals surface area contributed by atoms with Crippen LogP contribution in [0.5, 0.6) is 0 Å². The van der Waals surface area contributed by atoms with E-state index in [-0.39, 0.29) is 24.8 Å². The highest BCUT2D eigenvalue weighted by Gasteiger charge is 2.11. The SMILES string of the molecule is Cc1nc(-c2ccc(CNC(=O)CNC(=O)CNC(=O)c3ccco3)s2)cs1. The van der Waals surface area contributed by atoms with Gasteiger partial charge in [0.1, 0.15) is 0 Å². The molecule has 0 spiro atoms. The van der Waals surface area contributed by atoms with Gasteiger partial charge in [0.05, 0.1) is 41.5 Å². The normalized spacial score (nSPS) is 10.5. The third kappa shape index (κ3) is 5.51. The number of thiazole rings is 1. The number of amides is 3. The molecular formula is C18H18N4O4S2. The van der Waals surface area contributed by atoms with Crippen LogP contribution >= 0.6 is 22.7 Å². The maximum Gasteiger partial charge on any atom is 0.287 e. The molecule has 0 aliphatic rings. The first-order chi connectivity index (χ1) is 13.5. The number of rotatable bonds is 8. The summed E-state index contributed by atoms with van der Waals surface area (Å²) >= 11 is 3.16. The molecule has 0 aromatic carbocycles. The number of aromatic nitrogens is 1. The summed E-state index contributed by atoms with van der Waals surface area (Å²) in [5.74, 6) is -1.15. The van der Waals surface area contributed by atoms with Crippen LogP contribution < -0.4 is 16.0 Å². The molecular weight excluding hydrogens is 400 g/mol. The lowest BCUT2D eigenvalue weighted by Gasteiger charge is -2.07. The summed E-state index contributed by atoms with van der Waals surface area (Å²) in [4.78, 5) is 41.7. The van der Waals surface area contributed by atoms with Crippen LogP contribution in [0.1, 0.15) is 20.4 Å². The van der Waals surface area contributed by atoms with Crippen molar-refractivity contribution in [3.8, 4) is 10.6 Å². The van der Waals surface area contributed by atoms with Crippen molar-refractivity contribution in [3.63, 3.8) is 0 Å². The van der Waals surface area contributed by atoms with Crippen molar-refractivity contribution >= 4 is 40.4 Å². The molecule has 146 valence electrons. The first-order valence-electron chi connectivity index (χ1n) is 8.37. The number of thiophene rings is 1. The molecule has 0 aliphatic carbocycles. The Morgan fingerprint density at radius 3 is 2.57 bits per heavy atom. The van der Waals surface area contributed by atoms with E-state index in [9.17, 15) is 14.4 Å². The molecule has 0 saturated heterocycles. The maximum atomic E-state index is 11.9. The first-order valence-corrected chi connectivity index (χ1v) is 10.1. The predicted molar refractivity (Wildman–Crippen MR) is 106 cm³/mol. The molecule has 3 heterocycles. The zero-order chi connectivity index (χ0) is 19.9. The minimum absolute atomic E-state index is 0.119. The van der Waals surface area contributed by atoms with E-state index in [2.05, 4.69) is 20.9 Å². The third-order valence-electron chi connectivity index (χ3n) is 3.59. The average Bonchev–Trinajstić information content (AvgIpc) is 3.43. The van der Waals surface area contributed by atoms with Gasteiger partial charge in [0.2, 0.25) is 11.8 Å². The number of hydrogen-bond donors (Lipinski definition) is 3. The molecule has 3 N–H and O–H groups in total. The minimum Gasteiger partial charge on any atom is -0.459 e. The number of furan rings is 1. The Labute approximate surface area is 169 Å². The highest BCUT2D eigenvalue weighted by molar-refractivity contribution is 7.16. The maximum absolute atomic E-state index is 11.9. The molecule has 3 amide bonds. The van der Waals surface area contributed by atoms with Gasteiger partial charge in [-0.05, 0) is 31.2 Å². The zero-order valence-corrected chi connectivity index (χ0v) is 16.6. The van der Waals surface area contributed by atoms with Crippen LogP contribution in [0.2, 0.25) is 0 Å². The Morgan fingerprint density at radius 2 is 1.86 bits per heavy atom. The van der Waals surface area contributed by atoms with Crippen LogP contribution in [-0.4, -0.2) is 35.8 Å². The fourth-order valence-electron chi connectivity index (χ4n) is 2.23. The van der Waals surface area contributed by atoms with E-state index in [0.29, 0.717) is 6.54 Å². The van der Waals surface area contributed by atoms with Gasteiger partial charge in [-0.25, -0.2) is 4.98 Å². The van der Waals surface area contributed by atoms with E-state index in [1.165, 1.54) is 12.3 Å². The molecule has 0 unspecified atom stereocenters.